The van der Waals surface area contributed by atoms with Gasteiger partial charge in [-0.3, -0.25) is 9.59 Å². The summed E-state index contributed by atoms with van der Waals surface area (Å²) in [4.78, 5) is 26.7. The van der Waals surface area contributed by atoms with E-state index in [0.717, 1.165) is 17.6 Å². The number of rotatable bonds is 5. The summed E-state index contributed by atoms with van der Waals surface area (Å²) < 4.78 is 11.2. The van der Waals surface area contributed by atoms with Crippen LogP contribution in [-0.4, -0.2) is 87.1 Å². The first-order valence-electron chi connectivity index (χ1n) is 12.3. The van der Waals surface area contributed by atoms with Crippen LogP contribution in [0.1, 0.15) is 52.9 Å². The smallest absolute Gasteiger partial charge is 0.186 e. The molecule has 2 fully saturated rings. The molecule has 4 aliphatic rings. The van der Waals surface area contributed by atoms with E-state index in [-0.39, 0.29) is 30.6 Å². The molecule has 0 unspecified atom stereocenters. The van der Waals surface area contributed by atoms with Gasteiger partial charge in [0.15, 0.2) is 17.9 Å². The van der Waals surface area contributed by atoms with Gasteiger partial charge in [0, 0.05) is 6.42 Å². The van der Waals surface area contributed by atoms with Gasteiger partial charge < -0.3 is 35.0 Å². The van der Waals surface area contributed by atoms with E-state index in [2.05, 4.69) is 13.5 Å². The molecule has 0 radical (unpaired) electrons. The molecule has 4 rings (SSSR count). The fraction of sp³-hybridized carbons (Fsp3) is 0.769. The number of Topliss-reactive ketones (excluding diaryl/α,β-unsaturated/α-hetero) is 2. The van der Waals surface area contributed by atoms with Gasteiger partial charge in [-0.15, -0.1) is 6.58 Å². The quantitative estimate of drug-likeness (QED) is 0.342. The maximum atomic E-state index is 13.4. The highest BCUT2D eigenvalue weighted by molar-refractivity contribution is 6.00. The Morgan fingerprint density at radius 2 is 1.80 bits per heavy atom. The van der Waals surface area contributed by atoms with E-state index in [0.29, 0.717) is 12.8 Å². The molecule has 1 heterocycles. The highest BCUT2D eigenvalue weighted by atomic mass is 16.7. The molecule has 0 aromatic rings. The number of aliphatic hydroxyl groups excluding tert-OH is 5. The standard InChI is InChI=1S/C26H38O9/c1-5-24(2)7-6-14-13(9-24)15(28)8-18-25(14,3)10-16(29)22(33)26(18,4)12-34-23-21(32)20(31)19(30)17(11-27)35-23/h5,16-21,23,27,29-32H,1,6-12H2,2-4H3/t16-,17-,18-,19-,20-,21+,23-,24+,25-,26-/m1/s1. The molecule has 9 heteroatoms. The lowest BCUT2D eigenvalue weighted by molar-refractivity contribution is -0.307. The molecule has 9 nitrogen and oxygen atoms in total. The van der Waals surface area contributed by atoms with E-state index in [4.69, 9.17) is 9.47 Å². The van der Waals surface area contributed by atoms with Crippen LogP contribution in [0.5, 0.6) is 0 Å². The third-order valence-corrected chi connectivity index (χ3v) is 9.22. The first-order valence-corrected chi connectivity index (χ1v) is 12.3. The molecule has 0 amide bonds. The van der Waals surface area contributed by atoms with Crippen molar-refractivity contribution in [3.8, 4) is 0 Å². The van der Waals surface area contributed by atoms with Crippen molar-refractivity contribution in [1.29, 1.82) is 0 Å². The van der Waals surface area contributed by atoms with Crippen molar-refractivity contribution in [2.75, 3.05) is 13.2 Å². The lowest BCUT2D eigenvalue weighted by Crippen LogP contribution is -2.62. The van der Waals surface area contributed by atoms with Crippen LogP contribution in [0.3, 0.4) is 0 Å². The van der Waals surface area contributed by atoms with Crippen LogP contribution in [0.2, 0.25) is 0 Å². The molecule has 0 bridgehead atoms. The fourth-order valence-corrected chi connectivity index (χ4v) is 6.85. The minimum atomic E-state index is -1.61. The summed E-state index contributed by atoms with van der Waals surface area (Å²) in [6.45, 7) is 8.83. The summed E-state index contributed by atoms with van der Waals surface area (Å²) >= 11 is 0. The zero-order chi connectivity index (χ0) is 25.9. The molecule has 5 N–H and O–H groups in total. The van der Waals surface area contributed by atoms with Gasteiger partial charge in [-0.05, 0) is 54.9 Å². The second-order valence-corrected chi connectivity index (χ2v) is 11.6. The van der Waals surface area contributed by atoms with Gasteiger partial charge in [0.25, 0.3) is 0 Å². The Balaban J connectivity index is 1.64. The Morgan fingerprint density at radius 3 is 2.43 bits per heavy atom. The number of carbonyl (C=O) groups is 2. The molecule has 0 aromatic heterocycles. The molecule has 0 spiro atoms. The SMILES string of the molecule is C=C[C@@]1(C)CCC2=C(C1)C(=O)C[C@H]1[C@@](C)(CO[C@@H]3O[C@H](CO)[C@@H](O)[C@@H](O)[C@@H]3O)C(=O)[C@H](O)C[C@]21C. The third kappa shape index (κ3) is 4.15. The summed E-state index contributed by atoms with van der Waals surface area (Å²) in [6, 6.07) is 0. The Labute approximate surface area is 205 Å². The van der Waals surface area contributed by atoms with Crippen LogP contribution in [0, 0.1) is 22.2 Å². The highest BCUT2D eigenvalue weighted by Gasteiger charge is 2.62. The van der Waals surface area contributed by atoms with Gasteiger partial charge in [-0.25, -0.2) is 0 Å². The van der Waals surface area contributed by atoms with Crippen LogP contribution in [-0.2, 0) is 19.1 Å². The van der Waals surface area contributed by atoms with Crippen molar-refractivity contribution >= 4 is 11.6 Å². The molecular formula is C26H38O9. The van der Waals surface area contributed by atoms with E-state index in [1.165, 1.54) is 0 Å². The van der Waals surface area contributed by atoms with E-state index >= 15 is 0 Å². The maximum Gasteiger partial charge on any atom is 0.186 e. The van der Waals surface area contributed by atoms with Gasteiger partial charge in [0.05, 0.1) is 18.6 Å². The Kier molecular flexibility index (Phi) is 6.94. The van der Waals surface area contributed by atoms with Gasteiger partial charge in [-0.1, -0.05) is 25.5 Å². The zero-order valence-electron chi connectivity index (χ0n) is 20.6. The number of ketones is 2. The number of hydrogen-bond donors (Lipinski definition) is 5. The second kappa shape index (κ2) is 9.13. The normalized spacial score (nSPS) is 48.4. The third-order valence-electron chi connectivity index (χ3n) is 9.22. The number of aliphatic hydroxyl groups is 5. The van der Waals surface area contributed by atoms with Gasteiger partial charge in [0.1, 0.15) is 30.5 Å². The Morgan fingerprint density at radius 1 is 1.11 bits per heavy atom. The number of ether oxygens (including phenoxy) is 2. The van der Waals surface area contributed by atoms with E-state index < -0.39 is 65.9 Å². The van der Waals surface area contributed by atoms with Crippen LogP contribution < -0.4 is 0 Å². The predicted octanol–water partition coefficient (Wildman–Crippen LogP) is 0.411. The number of fused-ring (bicyclic) bond motifs is 2. The molecule has 1 aliphatic heterocycles. The lowest BCUT2D eigenvalue weighted by atomic mass is 9.46. The number of hydrogen-bond acceptors (Lipinski definition) is 9. The minimum absolute atomic E-state index is 0.00138. The van der Waals surface area contributed by atoms with Crippen molar-refractivity contribution in [3.63, 3.8) is 0 Å². The Hall–Kier alpha value is -1.46. The predicted molar refractivity (Wildman–Crippen MR) is 124 cm³/mol. The van der Waals surface area contributed by atoms with Crippen molar-refractivity contribution < 1.29 is 44.6 Å². The molecule has 10 atom stereocenters. The van der Waals surface area contributed by atoms with Gasteiger partial charge in [0.2, 0.25) is 0 Å². The van der Waals surface area contributed by atoms with Crippen molar-refractivity contribution in [2.24, 2.45) is 22.2 Å². The summed E-state index contributed by atoms with van der Waals surface area (Å²) in [5, 5.41) is 50.8. The molecule has 3 aliphatic carbocycles. The highest BCUT2D eigenvalue weighted by Crippen LogP contribution is 2.61. The molecule has 35 heavy (non-hydrogen) atoms. The maximum absolute atomic E-state index is 13.4. The summed E-state index contributed by atoms with van der Waals surface area (Å²) in [7, 11) is 0. The topological polar surface area (TPSA) is 154 Å². The minimum Gasteiger partial charge on any atom is -0.394 e. The van der Waals surface area contributed by atoms with Crippen molar-refractivity contribution in [1.82, 2.24) is 0 Å². The van der Waals surface area contributed by atoms with Crippen molar-refractivity contribution in [2.45, 2.75) is 89.7 Å². The van der Waals surface area contributed by atoms with Crippen LogP contribution in [0.25, 0.3) is 0 Å². The zero-order valence-corrected chi connectivity index (χ0v) is 20.6. The average Bonchev–Trinajstić information content (AvgIpc) is 2.83. The number of carbonyl (C=O) groups excluding carboxylic acids is 2. The fourth-order valence-electron chi connectivity index (χ4n) is 6.85. The molecular weight excluding hydrogens is 456 g/mol. The summed E-state index contributed by atoms with van der Waals surface area (Å²) in [6.07, 6.45) is -4.18. The van der Waals surface area contributed by atoms with Crippen molar-refractivity contribution in [3.05, 3.63) is 23.8 Å². The number of allylic oxidation sites excluding steroid dienone is 3. The van der Waals surface area contributed by atoms with Gasteiger partial charge in [-0.2, -0.15) is 0 Å². The van der Waals surface area contributed by atoms with Crippen LogP contribution in [0.4, 0.5) is 0 Å². The monoisotopic (exact) mass is 494 g/mol. The summed E-state index contributed by atoms with van der Waals surface area (Å²) in [5.41, 5.74) is -0.235. The molecule has 0 aromatic carbocycles. The van der Waals surface area contributed by atoms with E-state index in [1.807, 2.05) is 13.0 Å². The average molecular weight is 495 g/mol. The second-order valence-electron chi connectivity index (χ2n) is 11.6. The molecule has 196 valence electrons. The van der Waals surface area contributed by atoms with E-state index in [1.54, 1.807) is 6.92 Å². The lowest BCUT2D eigenvalue weighted by Gasteiger charge is -2.57. The summed E-state index contributed by atoms with van der Waals surface area (Å²) in [5.74, 6) is -0.873. The van der Waals surface area contributed by atoms with Crippen LogP contribution in [0.15, 0.2) is 23.8 Å². The van der Waals surface area contributed by atoms with Crippen LogP contribution >= 0.6 is 0 Å². The largest absolute Gasteiger partial charge is 0.394 e. The molecule has 1 saturated carbocycles. The first-order chi connectivity index (χ1) is 16.3. The molecule has 1 saturated heterocycles. The van der Waals surface area contributed by atoms with E-state index in [9.17, 15) is 35.1 Å². The first kappa shape index (κ1) is 26.6. The van der Waals surface area contributed by atoms with Gasteiger partial charge >= 0.3 is 0 Å². The Bertz CT molecular complexity index is 928.